The van der Waals surface area contributed by atoms with Crippen LogP contribution in [-0.4, -0.2) is 11.7 Å². The molecule has 0 aliphatic heterocycles. The largest absolute Gasteiger partial charge is 0.395 e. The molecule has 0 saturated heterocycles. The summed E-state index contributed by atoms with van der Waals surface area (Å²) >= 11 is 0. The highest BCUT2D eigenvalue weighted by Crippen LogP contribution is 2.28. The number of aliphatic hydroxyl groups is 1. The highest BCUT2D eigenvalue weighted by molar-refractivity contribution is 4.88. The predicted molar refractivity (Wildman–Crippen MR) is 47.4 cm³/mol. The van der Waals surface area contributed by atoms with Crippen LogP contribution in [-0.2, 0) is 0 Å². The molecule has 2 nitrogen and oxygen atoms in total. The first-order valence-corrected chi connectivity index (χ1v) is 4.89. The molecule has 1 rings (SSSR count). The van der Waals surface area contributed by atoms with Gasteiger partial charge in [0.05, 0.1) is 18.6 Å². The summed E-state index contributed by atoms with van der Waals surface area (Å²) < 4.78 is 0. The fourth-order valence-electron chi connectivity index (χ4n) is 2.01. The zero-order chi connectivity index (χ0) is 8.81. The lowest BCUT2D eigenvalue weighted by Gasteiger charge is -2.17. The maximum atomic E-state index is 8.95. The molecule has 1 fully saturated rings. The lowest BCUT2D eigenvalue weighted by atomic mass is 9.88. The molecule has 12 heavy (non-hydrogen) atoms. The van der Waals surface area contributed by atoms with Crippen LogP contribution in [0.25, 0.3) is 0 Å². The Morgan fingerprint density at radius 1 is 1.25 bits per heavy atom. The van der Waals surface area contributed by atoms with Crippen molar-refractivity contribution >= 4 is 0 Å². The summed E-state index contributed by atoms with van der Waals surface area (Å²) in [6, 6.07) is 2.20. The van der Waals surface area contributed by atoms with Crippen LogP contribution < -0.4 is 0 Å². The first kappa shape index (κ1) is 9.54. The van der Waals surface area contributed by atoms with Crippen molar-refractivity contribution in [2.45, 2.75) is 38.5 Å². The summed E-state index contributed by atoms with van der Waals surface area (Å²) in [7, 11) is 0. The molecule has 1 unspecified atom stereocenters. The molecule has 0 spiro atoms. The summed E-state index contributed by atoms with van der Waals surface area (Å²) in [5.41, 5.74) is 0. The van der Waals surface area contributed by atoms with Crippen LogP contribution in [0.15, 0.2) is 0 Å². The minimum absolute atomic E-state index is 0.0428. The lowest BCUT2D eigenvalue weighted by Crippen LogP contribution is -2.16. The Balaban J connectivity index is 2.42. The molecule has 0 aromatic rings. The number of hydrogen-bond acceptors (Lipinski definition) is 2. The third-order valence-corrected chi connectivity index (χ3v) is 2.83. The van der Waals surface area contributed by atoms with Crippen LogP contribution in [0.2, 0.25) is 0 Å². The number of hydrogen-bond donors (Lipinski definition) is 1. The molecule has 1 aliphatic rings. The number of rotatable bonds is 2. The van der Waals surface area contributed by atoms with E-state index in [1.807, 2.05) is 0 Å². The summed E-state index contributed by atoms with van der Waals surface area (Å²) in [5, 5.41) is 17.7. The van der Waals surface area contributed by atoms with E-state index in [1.54, 1.807) is 0 Å². The van der Waals surface area contributed by atoms with Gasteiger partial charge in [0.25, 0.3) is 0 Å². The second-order valence-corrected chi connectivity index (χ2v) is 3.67. The Labute approximate surface area is 74.2 Å². The van der Waals surface area contributed by atoms with E-state index in [0.717, 1.165) is 12.8 Å². The van der Waals surface area contributed by atoms with E-state index in [-0.39, 0.29) is 12.5 Å². The van der Waals surface area contributed by atoms with E-state index in [9.17, 15) is 0 Å². The Kier molecular flexibility index (Phi) is 4.10. The molecule has 68 valence electrons. The third kappa shape index (κ3) is 2.49. The summed E-state index contributed by atoms with van der Waals surface area (Å²) in [6.45, 7) is 0.0428. The summed E-state index contributed by atoms with van der Waals surface area (Å²) in [5.74, 6) is 0.352. The van der Waals surface area contributed by atoms with Gasteiger partial charge >= 0.3 is 0 Å². The Morgan fingerprint density at radius 2 is 1.83 bits per heavy atom. The van der Waals surface area contributed by atoms with Gasteiger partial charge < -0.3 is 5.11 Å². The molecule has 1 saturated carbocycles. The molecule has 0 aromatic carbocycles. The maximum Gasteiger partial charge on any atom is 0.0722 e. The van der Waals surface area contributed by atoms with E-state index >= 15 is 0 Å². The fraction of sp³-hybridized carbons (Fsp3) is 0.900. The molecule has 0 heterocycles. The van der Waals surface area contributed by atoms with Crippen molar-refractivity contribution in [2.24, 2.45) is 11.8 Å². The lowest BCUT2D eigenvalue weighted by molar-refractivity contribution is 0.201. The van der Waals surface area contributed by atoms with Gasteiger partial charge in [-0.2, -0.15) is 5.26 Å². The Hall–Kier alpha value is -0.550. The molecule has 0 amide bonds. The van der Waals surface area contributed by atoms with Crippen molar-refractivity contribution in [2.75, 3.05) is 6.61 Å². The van der Waals surface area contributed by atoms with Crippen LogP contribution in [0.3, 0.4) is 0 Å². The molecular weight excluding hydrogens is 150 g/mol. The van der Waals surface area contributed by atoms with E-state index < -0.39 is 0 Å². The van der Waals surface area contributed by atoms with Gasteiger partial charge in [-0.15, -0.1) is 0 Å². The van der Waals surface area contributed by atoms with Gasteiger partial charge in [0, 0.05) is 0 Å². The van der Waals surface area contributed by atoms with E-state index in [1.165, 1.54) is 25.7 Å². The summed E-state index contributed by atoms with van der Waals surface area (Å²) in [6.07, 6.45) is 7.36. The summed E-state index contributed by atoms with van der Waals surface area (Å²) in [4.78, 5) is 0. The first-order chi connectivity index (χ1) is 5.88. The SMILES string of the molecule is N#CC(CO)C1CCCCCC1. The quantitative estimate of drug-likeness (QED) is 0.640. The van der Waals surface area contributed by atoms with Crippen LogP contribution in [0.4, 0.5) is 0 Å². The predicted octanol–water partition coefficient (Wildman–Crippen LogP) is 2.09. The van der Waals surface area contributed by atoms with E-state index in [2.05, 4.69) is 6.07 Å². The number of aliphatic hydroxyl groups excluding tert-OH is 1. The topological polar surface area (TPSA) is 44.0 Å². The zero-order valence-corrected chi connectivity index (χ0v) is 7.50. The molecule has 0 radical (unpaired) electrons. The van der Waals surface area contributed by atoms with Crippen molar-refractivity contribution in [3.63, 3.8) is 0 Å². The molecule has 1 N–H and O–H groups in total. The zero-order valence-electron chi connectivity index (χ0n) is 7.50. The fourth-order valence-corrected chi connectivity index (χ4v) is 2.01. The second kappa shape index (κ2) is 5.16. The van der Waals surface area contributed by atoms with Crippen LogP contribution in [0, 0.1) is 23.2 Å². The first-order valence-electron chi connectivity index (χ1n) is 4.89. The number of nitriles is 1. The molecule has 0 aromatic heterocycles. The number of nitrogens with zero attached hydrogens (tertiary/aromatic N) is 1. The Morgan fingerprint density at radius 3 is 2.25 bits per heavy atom. The van der Waals surface area contributed by atoms with Crippen molar-refractivity contribution in [1.82, 2.24) is 0 Å². The van der Waals surface area contributed by atoms with Crippen molar-refractivity contribution in [3.8, 4) is 6.07 Å². The molecular formula is C10H17NO. The monoisotopic (exact) mass is 167 g/mol. The van der Waals surface area contributed by atoms with Crippen molar-refractivity contribution in [3.05, 3.63) is 0 Å². The van der Waals surface area contributed by atoms with E-state index in [0.29, 0.717) is 5.92 Å². The minimum atomic E-state index is -0.108. The van der Waals surface area contributed by atoms with Gasteiger partial charge in [-0.1, -0.05) is 25.7 Å². The molecule has 0 bridgehead atoms. The van der Waals surface area contributed by atoms with Crippen LogP contribution >= 0.6 is 0 Å². The molecule has 2 heteroatoms. The highest BCUT2D eigenvalue weighted by Gasteiger charge is 2.21. The average Bonchev–Trinajstić information content (AvgIpc) is 2.35. The van der Waals surface area contributed by atoms with Gasteiger partial charge in [-0.25, -0.2) is 0 Å². The maximum absolute atomic E-state index is 8.95. The Bertz CT molecular complexity index is 154. The average molecular weight is 167 g/mol. The normalized spacial score (nSPS) is 22.7. The van der Waals surface area contributed by atoms with Gasteiger partial charge in [-0.05, 0) is 18.8 Å². The van der Waals surface area contributed by atoms with Crippen LogP contribution in [0.1, 0.15) is 38.5 Å². The van der Waals surface area contributed by atoms with Gasteiger partial charge in [0.1, 0.15) is 0 Å². The molecule has 1 atom stereocenters. The smallest absolute Gasteiger partial charge is 0.0722 e. The van der Waals surface area contributed by atoms with Crippen molar-refractivity contribution < 1.29 is 5.11 Å². The van der Waals surface area contributed by atoms with Gasteiger partial charge in [0.2, 0.25) is 0 Å². The van der Waals surface area contributed by atoms with Gasteiger partial charge in [0.15, 0.2) is 0 Å². The second-order valence-electron chi connectivity index (χ2n) is 3.67. The third-order valence-electron chi connectivity index (χ3n) is 2.83. The standard InChI is InChI=1S/C10H17NO/c11-7-10(8-12)9-5-3-1-2-4-6-9/h9-10,12H,1-6,8H2. The van der Waals surface area contributed by atoms with Gasteiger partial charge in [-0.3, -0.25) is 0 Å². The van der Waals surface area contributed by atoms with Crippen molar-refractivity contribution in [1.29, 1.82) is 5.26 Å². The highest BCUT2D eigenvalue weighted by atomic mass is 16.3. The minimum Gasteiger partial charge on any atom is -0.395 e. The van der Waals surface area contributed by atoms with Crippen LogP contribution in [0.5, 0.6) is 0 Å². The van der Waals surface area contributed by atoms with E-state index in [4.69, 9.17) is 10.4 Å². The molecule has 1 aliphatic carbocycles.